The predicted octanol–water partition coefficient (Wildman–Crippen LogP) is 3.42. The molecule has 0 bridgehead atoms. The maximum atomic E-state index is 12.8. The highest BCUT2D eigenvalue weighted by Gasteiger charge is 2.18. The first-order valence-corrected chi connectivity index (χ1v) is 8.70. The lowest BCUT2D eigenvalue weighted by Crippen LogP contribution is -2.19. The molecule has 0 aliphatic rings. The number of halogens is 2. The molecule has 0 saturated carbocycles. The van der Waals surface area contributed by atoms with Crippen LogP contribution < -0.4 is 11.1 Å². The van der Waals surface area contributed by atoms with E-state index in [1.807, 2.05) is 0 Å². The van der Waals surface area contributed by atoms with Crippen molar-refractivity contribution in [2.24, 2.45) is 0 Å². The number of anilines is 1. The zero-order valence-electron chi connectivity index (χ0n) is 13.6. The van der Waals surface area contributed by atoms with E-state index in [-0.39, 0.29) is 11.7 Å². The molecule has 2 N–H and O–H groups in total. The van der Waals surface area contributed by atoms with Crippen molar-refractivity contribution < 1.29 is 18.0 Å². The molecule has 0 fully saturated rings. The molecule has 138 valence electrons. The molecule has 0 saturated heterocycles. The van der Waals surface area contributed by atoms with E-state index in [0.717, 1.165) is 0 Å². The monoisotopic (exact) mass is 390 g/mol. The van der Waals surface area contributed by atoms with E-state index in [1.54, 1.807) is 42.5 Å². The van der Waals surface area contributed by atoms with Gasteiger partial charge in [0.1, 0.15) is 6.54 Å². The van der Waals surface area contributed by atoms with Gasteiger partial charge in [0.2, 0.25) is 5.91 Å². The number of oxazole rings is 1. The fraction of sp³-hybridized carbons (Fsp3) is 0.118. The highest BCUT2D eigenvalue weighted by atomic mass is 32.2. The highest BCUT2D eigenvalue weighted by Crippen LogP contribution is 2.28. The number of para-hydroxylation sites is 2. The SMILES string of the molecule is O=C(Cn1c(SC(F)F)nc2ccccc21)Nc1ccc2oc(=O)[nH]c2c1. The number of hydrogen-bond donors (Lipinski definition) is 2. The number of H-pyrrole nitrogens is 1. The molecule has 0 radical (unpaired) electrons. The second-order valence-electron chi connectivity index (χ2n) is 5.62. The minimum absolute atomic E-state index is 0.0657. The van der Waals surface area contributed by atoms with Crippen LogP contribution in [0.25, 0.3) is 22.1 Å². The van der Waals surface area contributed by atoms with Crippen molar-refractivity contribution in [3.8, 4) is 0 Å². The van der Waals surface area contributed by atoms with E-state index in [4.69, 9.17) is 4.42 Å². The lowest BCUT2D eigenvalue weighted by atomic mass is 10.3. The van der Waals surface area contributed by atoms with Gasteiger partial charge in [-0.2, -0.15) is 8.78 Å². The van der Waals surface area contributed by atoms with Crippen molar-refractivity contribution in [1.29, 1.82) is 0 Å². The summed E-state index contributed by atoms with van der Waals surface area (Å²) in [5.41, 5.74) is 2.38. The summed E-state index contributed by atoms with van der Waals surface area (Å²) in [7, 11) is 0. The number of nitrogens with one attached hydrogen (secondary N) is 2. The van der Waals surface area contributed by atoms with E-state index in [1.165, 1.54) is 4.57 Å². The molecule has 7 nitrogen and oxygen atoms in total. The third-order valence-corrected chi connectivity index (χ3v) is 4.52. The first-order valence-electron chi connectivity index (χ1n) is 7.82. The Morgan fingerprint density at radius 1 is 1.30 bits per heavy atom. The van der Waals surface area contributed by atoms with Gasteiger partial charge in [-0.25, -0.2) is 9.78 Å². The summed E-state index contributed by atoms with van der Waals surface area (Å²) in [5, 5.41) is 2.74. The summed E-state index contributed by atoms with van der Waals surface area (Å²) >= 11 is 0.290. The number of imidazole rings is 1. The van der Waals surface area contributed by atoms with E-state index >= 15 is 0 Å². The van der Waals surface area contributed by atoms with E-state index in [9.17, 15) is 18.4 Å². The summed E-state index contributed by atoms with van der Waals surface area (Å²) < 4.78 is 32.0. The number of carbonyl (C=O) groups is 1. The summed E-state index contributed by atoms with van der Waals surface area (Å²) in [5.74, 6) is -3.66. The summed E-state index contributed by atoms with van der Waals surface area (Å²) in [6.07, 6.45) is 0. The first-order chi connectivity index (χ1) is 13.0. The fourth-order valence-electron chi connectivity index (χ4n) is 2.75. The van der Waals surface area contributed by atoms with Crippen LogP contribution in [0.2, 0.25) is 0 Å². The standard InChI is InChI=1S/C17H12F2N4O3S/c18-15(19)27-16-21-10-3-1-2-4-12(10)23(16)8-14(24)20-9-5-6-13-11(7-9)22-17(25)26-13/h1-7,15H,8H2,(H,20,24)(H,22,25). The Kier molecular flexibility index (Phi) is 4.40. The van der Waals surface area contributed by atoms with Crippen molar-refractivity contribution in [2.45, 2.75) is 17.5 Å². The van der Waals surface area contributed by atoms with Gasteiger partial charge < -0.3 is 14.3 Å². The van der Waals surface area contributed by atoms with Gasteiger partial charge >= 0.3 is 5.76 Å². The van der Waals surface area contributed by atoms with Crippen LogP contribution >= 0.6 is 11.8 Å². The second kappa shape index (κ2) is 6.88. The zero-order chi connectivity index (χ0) is 19.0. The minimum atomic E-state index is -2.65. The van der Waals surface area contributed by atoms with Crippen LogP contribution in [-0.4, -0.2) is 26.2 Å². The number of benzene rings is 2. The number of fused-ring (bicyclic) bond motifs is 2. The van der Waals surface area contributed by atoms with Crippen molar-refractivity contribution >= 4 is 45.5 Å². The van der Waals surface area contributed by atoms with E-state index in [0.29, 0.717) is 39.6 Å². The maximum absolute atomic E-state index is 12.8. The maximum Gasteiger partial charge on any atom is 0.417 e. The molecule has 27 heavy (non-hydrogen) atoms. The first kappa shape index (κ1) is 17.3. The van der Waals surface area contributed by atoms with Gasteiger partial charge in [-0.05, 0) is 42.1 Å². The second-order valence-corrected chi connectivity index (χ2v) is 6.58. The van der Waals surface area contributed by atoms with Crippen LogP contribution in [-0.2, 0) is 11.3 Å². The van der Waals surface area contributed by atoms with Crippen molar-refractivity contribution in [1.82, 2.24) is 14.5 Å². The molecule has 2 heterocycles. The number of aromatic nitrogens is 3. The smallest absolute Gasteiger partial charge is 0.408 e. The molecule has 2 aromatic carbocycles. The van der Waals surface area contributed by atoms with Gasteiger partial charge in [-0.3, -0.25) is 9.78 Å². The van der Waals surface area contributed by atoms with Gasteiger partial charge in [-0.1, -0.05) is 12.1 Å². The van der Waals surface area contributed by atoms with Crippen LogP contribution in [0.1, 0.15) is 0 Å². The van der Waals surface area contributed by atoms with Crippen molar-refractivity contribution in [3.05, 3.63) is 53.0 Å². The lowest BCUT2D eigenvalue weighted by molar-refractivity contribution is -0.116. The largest absolute Gasteiger partial charge is 0.417 e. The molecular weight excluding hydrogens is 378 g/mol. The minimum Gasteiger partial charge on any atom is -0.408 e. The van der Waals surface area contributed by atoms with Crippen LogP contribution in [0.3, 0.4) is 0 Å². The van der Waals surface area contributed by atoms with Crippen LogP contribution in [0, 0.1) is 0 Å². The normalized spacial score (nSPS) is 11.5. The number of amides is 1. The van der Waals surface area contributed by atoms with Crippen molar-refractivity contribution in [3.63, 3.8) is 0 Å². The summed E-state index contributed by atoms with van der Waals surface area (Å²) in [6, 6.07) is 11.6. The van der Waals surface area contributed by atoms with Gasteiger partial charge in [0, 0.05) is 5.69 Å². The van der Waals surface area contributed by atoms with Gasteiger partial charge in [0.05, 0.1) is 16.6 Å². The molecule has 1 amide bonds. The number of nitrogens with zero attached hydrogens (tertiary/aromatic N) is 2. The van der Waals surface area contributed by atoms with Crippen molar-refractivity contribution in [2.75, 3.05) is 5.32 Å². The number of rotatable bonds is 5. The Morgan fingerprint density at radius 3 is 2.93 bits per heavy atom. The average Bonchev–Trinajstić information content (AvgIpc) is 3.14. The van der Waals surface area contributed by atoms with Crippen LogP contribution in [0.15, 0.2) is 56.8 Å². The summed E-state index contributed by atoms with van der Waals surface area (Å²) in [4.78, 5) is 30.3. The lowest BCUT2D eigenvalue weighted by Gasteiger charge is -2.09. The molecule has 0 atom stereocenters. The molecule has 0 aliphatic heterocycles. The predicted molar refractivity (Wildman–Crippen MR) is 97.1 cm³/mol. The fourth-order valence-corrected chi connectivity index (χ4v) is 3.35. The van der Waals surface area contributed by atoms with Gasteiger partial charge in [-0.15, -0.1) is 0 Å². The third-order valence-electron chi connectivity index (χ3n) is 3.82. The Balaban J connectivity index is 1.60. The molecule has 0 unspecified atom stereocenters. The zero-order valence-corrected chi connectivity index (χ0v) is 14.4. The average molecular weight is 390 g/mol. The number of alkyl halides is 2. The molecule has 0 spiro atoms. The van der Waals surface area contributed by atoms with Crippen LogP contribution in [0.5, 0.6) is 0 Å². The topological polar surface area (TPSA) is 92.9 Å². The number of hydrogen-bond acceptors (Lipinski definition) is 5. The Hall–Kier alpha value is -3.14. The Morgan fingerprint density at radius 2 is 2.11 bits per heavy atom. The molecule has 4 aromatic rings. The van der Waals surface area contributed by atoms with E-state index < -0.39 is 17.4 Å². The molecule has 10 heteroatoms. The number of thioether (sulfide) groups is 1. The van der Waals surface area contributed by atoms with Gasteiger partial charge in [0.25, 0.3) is 5.76 Å². The number of carbonyl (C=O) groups excluding carboxylic acids is 1. The van der Waals surface area contributed by atoms with Crippen LogP contribution in [0.4, 0.5) is 14.5 Å². The highest BCUT2D eigenvalue weighted by molar-refractivity contribution is 7.99. The quantitative estimate of drug-likeness (QED) is 0.510. The molecule has 4 rings (SSSR count). The molecule has 2 aromatic heterocycles. The summed E-state index contributed by atoms with van der Waals surface area (Å²) in [6.45, 7) is -0.185. The molecule has 0 aliphatic carbocycles. The Bertz CT molecular complexity index is 1200. The van der Waals surface area contributed by atoms with Gasteiger partial charge in [0.15, 0.2) is 10.7 Å². The Labute approximate surface area is 154 Å². The number of aromatic amines is 1. The van der Waals surface area contributed by atoms with E-state index in [2.05, 4.69) is 15.3 Å². The molecular formula is C17H12F2N4O3S. The third kappa shape index (κ3) is 3.56.